The maximum absolute atomic E-state index is 14.6. The van der Waals surface area contributed by atoms with Crippen molar-refractivity contribution in [3.05, 3.63) is 284 Å². The van der Waals surface area contributed by atoms with Gasteiger partial charge in [-0.2, -0.15) is 52.7 Å². The van der Waals surface area contributed by atoms with Gasteiger partial charge in [-0.1, -0.05) is 91.0 Å². The standard InChI is InChI=1S/C29H20F9N.C21H16F5N.C8H4F4O.C4H6O4.C2H3BO2.Na/c30-23-9-7-20(8-10-23)27(16-18-4-2-1-3-5-18,21-13-22(28(33,34)35)15-24(31)14-21)39-17-19-6-11-26(32)25(12-19)29(36,37)38;22-18-8-6-15(7-9-18)20(27,13-14-4-2-1-3-5-14)16-10-17(21(24,25)26)12-19(23)11-16;9-7-2-1-5(4-13)3-6(7)8(10,11)12;1-3(5)7-8-4(2)6;1-2(4)5-3;/h1-15,39H,16-17H2;1-12H,13,27H2;1-4H;1-2H3;1H3;/q;;;;-1;+1/t27-;20-;;;;/m11..../s1. The molecule has 0 aliphatic heterocycles. The third-order valence-electron chi connectivity index (χ3n) is 12.6. The molecule has 0 fully saturated rings. The summed E-state index contributed by atoms with van der Waals surface area (Å²) in [4.78, 5) is 46.9. The normalized spacial score (nSPS) is 12.5. The number of carbonyl (C=O) groups excluding carboxylic acids is 4. The van der Waals surface area contributed by atoms with E-state index in [9.17, 15) is 98.2 Å². The summed E-state index contributed by atoms with van der Waals surface area (Å²) in [5, 5.41) is 3.01. The van der Waals surface area contributed by atoms with E-state index in [2.05, 4.69) is 27.8 Å². The number of nitrogens with two attached hydrogens (primary N) is 1. The molecule has 8 rings (SSSR count). The molecule has 93 heavy (non-hydrogen) atoms. The number of hydrogen-bond donors (Lipinski definition) is 2. The predicted molar refractivity (Wildman–Crippen MR) is 298 cm³/mol. The zero-order valence-electron chi connectivity index (χ0n) is 48.8. The summed E-state index contributed by atoms with van der Waals surface area (Å²) >= 11 is 0. The molecule has 0 heterocycles. The molecule has 8 aromatic carbocycles. The predicted octanol–water partition coefficient (Wildman–Crippen LogP) is 13.2. The fourth-order valence-corrected chi connectivity index (χ4v) is 8.42. The quantitative estimate of drug-likeness (QED) is 0.0403. The van der Waals surface area contributed by atoms with E-state index in [0.717, 1.165) is 67.9 Å². The fraction of sp³-hybridized carbons (Fsp3) is 0.188. The first kappa shape index (κ1) is 78.8. The van der Waals surface area contributed by atoms with Crippen molar-refractivity contribution in [2.75, 3.05) is 0 Å². The van der Waals surface area contributed by atoms with Crippen LogP contribution in [0.1, 0.15) is 92.3 Å². The van der Waals surface area contributed by atoms with Crippen LogP contribution in [0.4, 0.5) is 79.0 Å². The molecule has 3 radical (unpaired) electrons. The molecular formula is C64H49BF18N2NaO7. The molecule has 0 aromatic heterocycles. The first-order valence-electron chi connectivity index (χ1n) is 26.1. The summed E-state index contributed by atoms with van der Waals surface area (Å²) in [6.07, 6.45) is -19.1. The van der Waals surface area contributed by atoms with Gasteiger partial charge in [-0.25, -0.2) is 45.7 Å². The topological polar surface area (TPSA) is 134 Å². The van der Waals surface area contributed by atoms with Crippen LogP contribution in [-0.2, 0) is 84.0 Å². The van der Waals surface area contributed by atoms with E-state index in [0.29, 0.717) is 47.5 Å². The number of halogens is 18. The van der Waals surface area contributed by atoms with Gasteiger partial charge in [0.1, 0.15) is 41.2 Å². The monoisotopic (exact) mass is 1330 g/mol. The maximum atomic E-state index is 14.6. The van der Waals surface area contributed by atoms with Crippen molar-refractivity contribution in [3.8, 4) is 0 Å². The van der Waals surface area contributed by atoms with E-state index in [1.807, 2.05) is 0 Å². The van der Waals surface area contributed by atoms with Gasteiger partial charge in [-0.3, -0.25) is 14.9 Å². The number of alkyl halides is 12. The van der Waals surface area contributed by atoms with Gasteiger partial charge >= 0.3 is 66.2 Å². The second kappa shape index (κ2) is 34.5. The second-order valence-electron chi connectivity index (χ2n) is 19.4. The average molecular weight is 1330 g/mol. The summed E-state index contributed by atoms with van der Waals surface area (Å²) in [5.74, 6) is -7.98. The van der Waals surface area contributed by atoms with Crippen LogP contribution in [0.3, 0.4) is 0 Å². The molecule has 0 unspecified atom stereocenters. The molecule has 0 amide bonds. The Labute approximate surface area is 542 Å². The molecule has 0 aliphatic carbocycles. The van der Waals surface area contributed by atoms with Crippen molar-refractivity contribution in [3.63, 3.8) is 0 Å². The number of rotatable bonds is 12. The largest absolute Gasteiger partial charge is 1.00 e. The summed E-state index contributed by atoms with van der Waals surface area (Å²) in [6.45, 7) is 3.14. The minimum Gasteiger partial charge on any atom is -0.793 e. The maximum Gasteiger partial charge on any atom is 1.00 e. The van der Waals surface area contributed by atoms with Crippen molar-refractivity contribution < 1.29 is 142 Å². The Morgan fingerprint density at radius 3 is 1.23 bits per heavy atom. The Bertz CT molecular complexity index is 3740. The first-order chi connectivity index (χ1) is 42.8. The third-order valence-corrected chi connectivity index (χ3v) is 12.6. The van der Waals surface area contributed by atoms with Crippen LogP contribution in [0.2, 0.25) is 0 Å². The minimum atomic E-state index is -4.98. The SMILES string of the molecule is CC(=O)OOC(C)=O.Fc1ccc([C@@](Cc2ccccc2)(NCc2ccc(F)c(C(F)(F)F)c2)c2cc(F)cc(C(F)(F)F)c2)cc1.N[C@](Cc1ccccc1)(c1ccc(F)cc1)c1cc(F)cc(C(F)(F)F)c1.O=Cc1ccc(F)c(C(F)(F)F)c1.[B-]OC(C)=O.[Na+]. The number of nitrogens with one attached hydrogen (secondary N) is 1. The second-order valence-corrected chi connectivity index (χ2v) is 19.4. The van der Waals surface area contributed by atoms with Crippen molar-refractivity contribution in [1.82, 2.24) is 5.32 Å². The van der Waals surface area contributed by atoms with Crippen LogP contribution in [0, 0.1) is 34.9 Å². The van der Waals surface area contributed by atoms with Gasteiger partial charge in [0, 0.05) is 32.9 Å². The van der Waals surface area contributed by atoms with E-state index < -0.39 is 111 Å². The number of aldehydes is 1. The van der Waals surface area contributed by atoms with Crippen molar-refractivity contribution in [2.45, 2.75) is 75.9 Å². The summed E-state index contributed by atoms with van der Waals surface area (Å²) in [6, 6.07) is 35.8. The van der Waals surface area contributed by atoms with Crippen LogP contribution in [0.25, 0.3) is 0 Å². The Morgan fingerprint density at radius 1 is 0.430 bits per heavy atom. The fourth-order valence-electron chi connectivity index (χ4n) is 8.42. The minimum absolute atomic E-state index is 0. The van der Waals surface area contributed by atoms with Crippen LogP contribution in [-0.4, -0.2) is 32.2 Å². The molecule has 29 heteroatoms. The van der Waals surface area contributed by atoms with Gasteiger partial charge in [0.15, 0.2) is 0 Å². The van der Waals surface area contributed by atoms with Crippen LogP contribution in [0.5, 0.6) is 0 Å². The van der Waals surface area contributed by atoms with Crippen LogP contribution >= 0.6 is 0 Å². The molecule has 3 N–H and O–H groups in total. The molecule has 0 bridgehead atoms. The molecular weight excluding hydrogens is 1280 g/mol. The molecule has 0 saturated carbocycles. The molecule has 487 valence electrons. The van der Waals surface area contributed by atoms with Gasteiger partial charge in [0.25, 0.3) is 0 Å². The molecule has 0 saturated heterocycles. The molecule has 9 nitrogen and oxygen atoms in total. The smallest absolute Gasteiger partial charge is 0.793 e. The van der Waals surface area contributed by atoms with Gasteiger partial charge < -0.3 is 18.4 Å². The van der Waals surface area contributed by atoms with Crippen molar-refractivity contribution in [1.29, 1.82) is 0 Å². The van der Waals surface area contributed by atoms with Gasteiger partial charge in [-0.05, 0) is 143 Å². The van der Waals surface area contributed by atoms with E-state index in [1.54, 1.807) is 60.7 Å². The summed E-state index contributed by atoms with van der Waals surface area (Å²) in [7, 11) is 4.32. The Balaban J connectivity index is 0.000000358. The zero-order chi connectivity index (χ0) is 69.0. The summed E-state index contributed by atoms with van der Waals surface area (Å²) in [5.41, 5.74) is -0.451. The van der Waals surface area contributed by atoms with Gasteiger partial charge in [0.2, 0.25) is 5.97 Å². The van der Waals surface area contributed by atoms with E-state index >= 15 is 0 Å². The summed E-state index contributed by atoms with van der Waals surface area (Å²) < 4.78 is 242. The van der Waals surface area contributed by atoms with Crippen molar-refractivity contribution in [2.24, 2.45) is 5.73 Å². The van der Waals surface area contributed by atoms with Crippen LogP contribution < -0.4 is 40.6 Å². The van der Waals surface area contributed by atoms with E-state index in [4.69, 9.17) is 5.73 Å². The van der Waals surface area contributed by atoms with Gasteiger partial charge in [0.05, 0.1) is 33.3 Å². The molecule has 0 spiro atoms. The molecule has 0 aliphatic rings. The van der Waals surface area contributed by atoms with Gasteiger partial charge in [-0.15, -0.1) is 0 Å². The Hall–Kier alpha value is -8.44. The molecule has 2 atom stereocenters. The number of hydrogen-bond acceptors (Lipinski definition) is 9. The number of carbonyl (C=O) groups is 4. The van der Waals surface area contributed by atoms with Crippen molar-refractivity contribution >= 4 is 32.2 Å². The third kappa shape index (κ3) is 24.5. The Kier molecular flexibility index (Phi) is 29.2. The average Bonchev–Trinajstić information content (AvgIpc) is 0.778. The Morgan fingerprint density at radius 2 is 0.817 bits per heavy atom. The van der Waals surface area contributed by atoms with Crippen LogP contribution in [0.15, 0.2) is 182 Å². The van der Waals surface area contributed by atoms with E-state index in [-0.39, 0.29) is 83.0 Å². The zero-order valence-corrected chi connectivity index (χ0v) is 50.8. The van der Waals surface area contributed by atoms with E-state index in [1.165, 1.54) is 43.3 Å². The number of benzene rings is 8. The molecule has 8 aromatic rings. The first-order valence-corrected chi connectivity index (χ1v) is 26.1.